The van der Waals surface area contributed by atoms with Crippen molar-refractivity contribution in [3.05, 3.63) is 11.6 Å². The van der Waals surface area contributed by atoms with Crippen molar-refractivity contribution in [1.82, 2.24) is 4.90 Å². The highest BCUT2D eigenvalue weighted by molar-refractivity contribution is 6.04. The van der Waals surface area contributed by atoms with Gasteiger partial charge in [0.1, 0.15) is 6.07 Å². The van der Waals surface area contributed by atoms with Crippen LogP contribution in [-0.2, 0) is 9.59 Å². The van der Waals surface area contributed by atoms with Gasteiger partial charge in [0.25, 0.3) is 0 Å². The van der Waals surface area contributed by atoms with Gasteiger partial charge >= 0.3 is 0 Å². The molecule has 2 aliphatic rings. The molecule has 0 aliphatic heterocycles. The number of Topliss-reactive ketones (excluding diaryl/α,β-unsaturated/α-hetero) is 1. The maximum absolute atomic E-state index is 12.4. The zero-order valence-electron chi connectivity index (χ0n) is 13.6. The van der Waals surface area contributed by atoms with Crippen LogP contribution in [-0.4, -0.2) is 29.7 Å². The number of ketones is 1. The minimum absolute atomic E-state index is 0.0363. The predicted octanol–water partition coefficient (Wildman–Crippen LogP) is 2.70. The molecule has 1 fully saturated rings. The summed E-state index contributed by atoms with van der Waals surface area (Å²) in [5.41, 5.74) is -0.423. The number of nitriles is 1. The van der Waals surface area contributed by atoms with Gasteiger partial charge in [0, 0.05) is 25.4 Å². The lowest BCUT2D eigenvalue weighted by Gasteiger charge is -2.53. The van der Waals surface area contributed by atoms with E-state index in [2.05, 4.69) is 13.0 Å². The number of carbonyl (C=O) groups is 2. The number of amides is 1. The number of nitrogens with zero attached hydrogens (tertiary/aromatic N) is 2. The molecule has 2 rings (SSSR count). The van der Waals surface area contributed by atoms with Crippen molar-refractivity contribution in [2.24, 2.45) is 16.7 Å². The molecule has 0 heterocycles. The molecule has 3 atom stereocenters. The molecule has 21 heavy (non-hydrogen) atoms. The molecule has 0 radical (unpaired) electrons. The number of allylic oxidation sites excluding steroid dienone is 2. The molecule has 0 aromatic heterocycles. The first-order valence-electron chi connectivity index (χ1n) is 7.54. The van der Waals surface area contributed by atoms with E-state index >= 15 is 0 Å². The van der Waals surface area contributed by atoms with Gasteiger partial charge in [0.2, 0.25) is 5.91 Å². The van der Waals surface area contributed by atoms with Crippen molar-refractivity contribution < 1.29 is 9.59 Å². The van der Waals surface area contributed by atoms with Gasteiger partial charge in [0.05, 0.1) is 5.57 Å². The first-order chi connectivity index (χ1) is 9.63. The fourth-order valence-corrected chi connectivity index (χ4v) is 4.36. The van der Waals surface area contributed by atoms with E-state index in [0.29, 0.717) is 0 Å². The highest BCUT2D eigenvalue weighted by Gasteiger charge is 2.53. The van der Waals surface area contributed by atoms with Gasteiger partial charge in [-0.15, -0.1) is 0 Å². The van der Waals surface area contributed by atoms with E-state index in [-0.39, 0.29) is 34.6 Å². The van der Waals surface area contributed by atoms with E-state index < -0.39 is 5.41 Å². The summed E-state index contributed by atoms with van der Waals surface area (Å²) >= 11 is 0. The number of carbonyl (C=O) groups excluding carboxylic acids is 2. The third kappa shape index (κ3) is 2.39. The zero-order chi connectivity index (χ0) is 16.0. The van der Waals surface area contributed by atoms with E-state index in [1.165, 1.54) is 0 Å². The molecule has 0 spiro atoms. The Kier molecular flexibility index (Phi) is 3.73. The lowest BCUT2D eigenvalue weighted by Crippen LogP contribution is -2.53. The Morgan fingerprint density at radius 1 is 1.38 bits per heavy atom. The van der Waals surface area contributed by atoms with Gasteiger partial charge < -0.3 is 4.90 Å². The van der Waals surface area contributed by atoms with Crippen molar-refractivity contribution in [1.29, 1.82) is 5.26 Å². The lowest BCUT2D eigenvalue weighted by molar-refractivity contribution is -0.136. The first kappa shape index (κ1) is 15.8. The quantitative estimate of drug-likeness (QED) is 0.745. The second kappa shape index (κ2) is 4.98. The Morgan fingerprint density at radius 2 is 2.00 bits per heavy atom. The average Bonchev–Trinajstić information content (AvgIpc) is 2.41. The molecular formula is C17H24N2O2. The fourth-order valence-electron chi connectivity index (χ4n) is 4.36. The molecular weight excluding hydrogens is 264 g/mol. The van der Waals surface area contributed by atoms with Crippen molar-refractivity contribution in [2.75, 3.05) is 7.05 Å². The minimum Gasteiger partial charge on any atom is -0.343 e. The minimum atomic E-state index is -0.506. The summed E-state index contributed by atoms with van der Waals surface area (Å²) in [7, 11) is 1.84. The van der Waals surface area contributed by atoms with Gasteiger partial charge in [-0.2, -0.15) is 5.26 Å². The van der Waals surface area contributed by atoms with Crippen molar-refractivity contribution >= 4 is 11.7 Å². The molecule has 1 amide bonds. The maximum Gasteiger partial charge on any atom is 0.219 e. The Labute approximate surface area is 126 Å². The highest BCUT2D eigenvalue weighted by Crippen LogP contribution is 2.55. The van der Waals surface area contributed by atoms with Crippen LogP contribution in [0.4, 0.5) is 0 Å². The van der Waals surface area contributed by atoms with E-state index in [0.717, 1.165) is 19.3 Å². The van der Waals surface area contributed by atoms with Crippen LogP contribution in [0, 0.1) is 28.1 Å². The first-order valence-corrected chi connectivity index (χ1v) is 7.54. The molecule has 0 unspecified atom stereocenters. The van der Waals surface area contributed by atoms with E-state index in [9.17, 15) is 14.9 Å². The van der Waals surface area contributed by atoms with Crippen molar-refractivity contribution in [2.45, 2.75) is 53.0 Å². The Morgan fingerprint density at radius 3 is 2.52 bits per heavy atom. The molecule has 2 aliphatic carbocycles. The van der Waals surface area contributed by atoms with Crippen LogP contribution in [0.3, 0.4) is 0 Å². The van der Waals surface area contributed by atoms with Crippen LogP contribution in [0.25, 0.3) is 0 Å². The Balaban J connectivity index is 2.40. The monoisotopic (exact) mass is 288 g/mol. The second-order valence-corrected chi connectivity index (χ2v) is 7.34. The predicted molar refractivity (Wildman–Crippen MR) is 80.2 cm³/mol. The summed E-state index contributed by atoms with van der Waals surface area (Å²) in [4.78, 5) is 25.9. The van der Waals surface area contributed by atoms with Gasteiger partial charge in [-0.25, -0.2) is 0 Å². The molecule has 4 heteroatoms. The summed E-state index contributed by atoms with van der Waals surface area (Å²) in [5.74, 6) is 0.259. The molecule has 0 saturated heterocycles. The molecule has 0 bridgehead atoms. The van der Waals surface area contributed by atoms with Gasteiger partial charge in [0.15, 0.2) is 5.78 Å². The highest BCUT2D eigenvalue weighted by atomic mass is 16.2. The molecule has 0 N–H and O–H groups in total. The lowest BCUT2D eigenvalue weighted by atomic mass is 9.52. The van der Waals surface area contributed by atoms with Gasteiger partial charge in [-0.1, -0.05) is 26.8 Å². The summed E-state index contributed by atoms with van der Waals surface area (Å²) in [6, 6.07) is 2.25. The van der Waals surface area contributed by atoms with E-state index in [1.54, 1.807) is 11.8 Å². The normalized spacial score (nSPS) is 34.5. The third-order valence-electron chi connectivity index (χ3n) is 5.60. The third-order valence-corrected chi connectivity index (χ3v) is 5.60. The SMILES string of the molecule is CC(=O)N(C)[C@@H]1CC[C@@H]2C(C)(C)C(=O)C(C#N)=C[C@@]2(C)C1. The van der Waals surface area contributed by atoms with Crippen LogP contribution >= 0.6 is 0 Å². The standard InChI is InChI=1S/C17H24N2O2/c1-11(20)19(5)13-6-7-14-16(2,3)15(21)12(10-18)8-17(14,4)9-13/h8,13-14H,6-7,9H2,1-5H3/t13-,14-,17+/m1/s1. The number of rotatable bonds is 1. The zero-order valence-corrected chi connectivity index (χ0v) is 13.6. The number of hydrogen-bond donors (Lipinski definition) is 0. The Bertz CT molecular complexity index is 556. The summed E-state index contributed by atoms with van der Waals surface area (Å²) < 4.78 is 0. The Hall–Kier alpha value is -1.63. The fraction of sp³-hybridized carbons (Fsp3) is 0.706. The molecule has 0 aromatic rings. The van der Waals surface area contributed by atoms with Crippen LogP contribution in [0.1, 0.15) is 47.0 Å². The van der Waals surface area contributed by atoms with Crippen LogP contribution < -0.4 is 0 Å². The topological polar surface area (TPSA) is 61.2 Å². The molecule has 0 aromatic carbocycles. The average molecular weight is 288 g/mol. The smallest absolute Gasteiger partial charge is 0.219 e. The maximum atomic E-state index is 12.4. The largest absolute Gasteiger partial charge is 0.343 e. The van der Waals surface area contributed by atoms with Crippen molar-refractivity contribution in [3.63, 3.8) is 0 Å². The number of fused-ring (bicyclic) bond motifs is 1. The number of hydrogen-bond acceptors (Lipinski definition) is 3. The van der Waals surface area contributed by atoms with Crippen LogP contribution in [0.5, 0.6) is 0 Å². The van der Waals surface area contributed by atoms with Crippen LogP contribution in [0.15, 0.2) is 11.6 Å². The van der Waals surface area contributed by atoms with E-state index in [4.69, 9.17) is 0 Å². The van der Waals surface area contributed by atoms with Crippen LogP contribution in [0.2, 0.25) is 0 Å². The summed E-state index contributed by atoms with van der Waals surface area (Å²) in [6.45, 7) is 7.62. The van der Waals surface area contributed by atoms with E-state index in [1.807, 2.05) is 27.0 Å². The second-order valence-electron chi connectivity index (χ2n) is 7.34. The van der Waals surface area contributed by atoms with Gasteiger partial charge in [-0.05, 0) is 30.6 Å². The van der Waals surface area contributed by atoms with Gasteiger partial charge in [-0.3, -0.25) is 9.59 Å². The summed E-state index contributed by atoms with van der Waals surface area (Å²) in [6.07, 6.45) is 4.51. The molecule has 1 saturated carbocycles. The molecule has 4 nitrogen and oxygen atoms in total. The van der Waals surface area contributed by atoms with Crippen molar-refractivity contribution in [3.8, 4) is 6.07 Å². The summed E-state index contributed by atoms with van der Waals surface area (Å²) in [5, 5.41) is 9.26. The molecule has 114 valence electrons.